The van der Waals surface area contributed by atoms with Gasteiger partial charge in [0.1, 0.15) is 5.75 Å². The predicted octanol–water partition coefficient (Wildman–Crippen LogP) is 4.11. The highest BCUT2D eigenvalue weighted by Crippen LogP contribution is 2.38. The number of fused-ring (bicyclic) bond motifs is 1. The summed E-state index contributed by atoms with van der Waals surface area (Å²) in [6.45, 7) is 0.960. The largest absolute Gasteiger partial charge is 0.496 e. The minimum atomic E-state index is -0.170. The highest BCUT2D eigenvalue weighted by Gasteiger charge is 2.24. The third-order valence-corrected chi connectivity index (χ3v) is 4.82. The number of hydrogen-bond donors (Lipinski definition) is 2. The van der Waals surface area contributed by atoms with Crippen molar-refractivity contribution in [3.05, 3.63) is 64.8 Å². The fourth-order valence-corrected chi connectivity index (χ4v) is 3.47. The number of H-pyrrole nitrogens is 1. The number of carbonyl (C=O) groups excluding carboxylic acids is 1. The first-order valence-corrected chi connectivity index (χ1v) is 9.17. The number of amides is 1. The van der Waals surface area contributed by atoms with Crippen LogP contribution in [0.25, 0.3) is 10.9 Å². The number of methoxy groups -OCH3 is 2. The summed E-state index contributed by atoms with van der Waals surface area (Å²) >= 11 is 6.22. The van der Waals surface area contributed by atoms with Gasteiger partial charge in [-0.05, 0) is 29.8 Å². The summed E-state index contributed by atoms with van der Waals surface area (Å²) in [4.78, 5) is 15.8. The van der Waals surface area contributed by atoms with Crippen molar-refractivity contribution in [1.29, 1.82) is 0 Å². The Hall–Kier alpha value is -2.50. The fourth-order valence-electron chi connectivity index (χ4n) is 3.29. The van der Waals surface area contributed by atoms with Crippen LogP contribution in [0.4, 0.5) is 0 Å². The predicted molar refractivity (Wildman–Crippen MR) is 108 cm³/mol. The lowest BCUT2D eigenvalue weighted by Crippen LogP contribution is -2.28. The molecular weight excluding hydrogens is 364 g/mol. The van der Waals surface area contributed by atoms with Gasteiger partial charge in [0.2, 0.25) is 5.91 Å². The van der Waals surface area contributed by atoms with Gasteiger partial charge in [0.05, 0.1) is 13.7 Å². The fraction of sp³-hybridized carbons (Fsp3) is 0.286. The topological polar surface area (TPSA) is 63.4 Å². The summed E-state index contributed by atoms with van der Waals surface area (Å²) in [6, 6.07) is 13.5. The van der Waals surface area contributed by atoms with E-state index in [1.165, 1.54) is 0 Å². The molecule has 5 nitrogen and oxygen atoms in total. The molecule has 0 fully saturated rings. The Kier molecular flexibility index (Phi) is 6.37. The number of halogens is 1. The first-order chi connectivity index (χ1) is 13.1. The monoisotopic (exact) mass is 386 g/mol. The number of aromatic nitrogens is 1. The lowest BCUT2D eigenvalue weighted by molar-refractivity contribution is -0.121. The molecule has 2 aromatic carbocycles. The molecule has 0 aliphatic heterocycles. The summed E-state index contributed by atoms with van der Waals surface area (Å²) in [5.41, 5.74) is 2.95. The lowest BCUT2D eigenvalue weighted by atomic mass is 9.87. The highest BCUT2D eigenvalue weighted by molar-refractivity contribution is 6.31. The zero-order valence-electron chi connectivity index (χ0n) is 15.4. The van der Waals surface area contributed by atoms with Crippen LogP contribution >= 0.6 is 11.6 Å². The van der Waals surface area contributed by atoms with E-state index in [4.69, 9.17) is 21.1 Å². The minimum absolute atomic E-state index is 0.0423. The Balaban J connectivity index is 2.01. The third-order valence-electron chi connectivity index (χ3n) is 4.58. The Labute approximate surface area is 163 Å². The van der Waals surface area contributed by atoms with Crippen LogP contribution in [-0.4, -0.2) is 38.3 Å². The second kappa shape index (κ2) is 8.93. The van der Waals surface area contributed by atoms with Crippen molar-refractivity contribution >= 4 is 28.4 Å². The molecule has 1 atom stereocenters. The van der Waals surface area contributed by atoms with Crippen LogP contribution < -0.4 is 10.1 Å². The summed E-state index contributed by atoms with van der Waals surface area (Å²) in [5, 5.41) is 4.56. The molecule has 0 bridgehead atoms. The molecule has 0 aliphatic rings. The zero-order chi connectivity index (χ0) is 19.2. The van der Waals surface area contributed by atoms with Crippen molar-refractivity contribution < 1.29 is 14.3 Å². The Morgan fingerprint density at radius 2 is 2.00 bits per heavy atom. The van der Waals surface area contributed by atoms with Gasteiger partial charge < -0.3 is 19.8 Å². The number of aromatic amines is 1. The standard InChI is InChI=1S/C21H23ClN2O3/c1-26-10-9-23-21(25)12-16(15-5-3-4-6-20(15)27-2)18-13-24-19-8-7-14(22)11-17(18)19/h3-8,11,13,16,24H,9-10,12H2,1-2H3,(H,23,25)/t16-/m1/s1. The normalized spacial score (nSPS) is 12.1. The molecule has 27 heavy (non-hydrogen) atoms. The number of rotatable bonds is 8. The maximum Gasteiger partial charge on any atom is 0.221 e. The lowest BCUT2D eigenvalue weighted by Gasteiger charge is -2.20. The van der Waals surface area contributed by atoms with Gasteiger partial charge in [-0.25, -0.2) is 0 Å². The van der Waals surface area contributed by atoms with Gasteiger partial charge in [0.25, 0.3) is 0 Å². The van der Waals surface area contributed by atoms with E-state index >= 15 is 0 Å². The summed E-state index contributed by atoms with van der Waals surface area (Å²) in [6.07, 6.45) is 2.24. The van der Waals surface area contributed by atoms with E-state index in [1.54, 1.807) is 14.2 Å². The third kappa shape index (κ3) is 4.43. The molecule has 0 saturated carbocycles. The average molecular weight is 387 g/mol. The van der Waals surface area contributed by atoms with Crippen molar-refractivity contribution in [2.45, 2.75) is 12.3 Å². The molecule has 6 heteroatoms. The van der Waals surface area contributed by atoms with Crippen LogP contribution in [0.5, 0.6) is 5.75 Å². The van der Waals surface area contributed by atoms with Crippen LogP contribution in [0.3, 0.4) is 0 Å². The number of carbonyl (C=O) groups is 1. The zero-order valence-corrected chi connectivity index (χ0v) is 16.2. The molecule has 3 rings (SSSR count). The highest BCUT2D eigenvalue weighted by atomic mass is 35.5. The van der Waals surface area contributed by atoms with E-state index in [-0.39, 0.29) is 11.8 Å². The number of benzene rings is 2. The average Bonchev–Trinajstić information content (AvgIpc) is 3.09. The molecule has 1 aromatic heterocycles. The number of nitrogens with one attached hydrogen (secondary N) is 2. The van der Waals surface area contributed by atoms with E-state index < -0.39 is 0 Å². The van der Waals surface area contributed by atoms with Crippen LogP contribution in [0.2, 0.25) is 5.02 Å². The summed E-state index contributed by atoms with van der Waals surface area (Å²) in [7, 11) is 3.25. The van der Waals surface area contributed by atoms with Crippen molar-refractivity contribution in [2.24, 2.45) is 0 Å². The van der Waals surface area contributed by atoms with Gasteiger partial charge in [-0.3, -0.25) is 4.79 Å². The van der Waals surface area contributed by atoms with Crippen molar-refractivity contribution in [3.63, 3.8) is 0 Å². The Morgan fingerprint density at radius 1 is 1.19 bits per heavy atom. The first kappa shape index (κ1) is 19.3. The maximum absolute atomic E-state index is 12.6. The molecule has 0 radical (unpaired) electrons. The summed E-state index contributed by atoms with van der Waals surface area (Å²) < 4.78 is 10.6. The maximum atomic E-state index is 12.6. The molecule has 0 saturated heterocycles. The molecule has 0 aliphatic carbocycles. The molecule has 142 valence electrons. The number of para-hydroxylation sites is 1. The molecule has 1 amide bonds. The van der Waals surface area contributed by atoms with Gasteiger partial charge in [-0.15, -0.1) is 0 Å². The van der Waals surface area contributed by atoms with Crippen LogP contribution in [-0.2, 0) is 9.53 Å². The van der Waals surface area contributed by atoms with Gasteiger partial charge in [0.15, 0.2) is 0 Å². The molecule has 3 aromatic rings. The number of ether oxygens (including phenoxy) is 2. The molecular formula is C21H23ClN2O3. The van der Waals surface area contributed by atoms with Gasteiger partial charge >= 0.3 is 0 Å². The smallest absolute Gasteiger partial charge is 0.221 e. The second-order valence-corrected chi connectivity index (χ2v) is 6.71. The van der Waals surface area contributed by atoms with E-state index in [1.807, 2.05) is 48.7 Å². The quantitative estimate of drug-likeness (QED) is 0.572. The van der Waals surface area contributed by atoms with Crippen LogP contribution in [0.15, 0.2) is 48.7 Å². The van der Waals surface area contributed by atoms with Crippen LogP contribution in [0, 0.1) is 0 Å². The molecule has 1 heterocycles. The number of hydrogen-bond acceptors (Lipinski definition) is 3. The van der Waals surface area contributed by atoms with Crippen molar-refractivity contribution in [1.82, 2.24) is 10.3 Å². The Morgan fingerprint density at radius 3 is 2.78 bits per heavy atom. The van der Waals surface area contributed by atoms with E-state index in [0.717, 1.165) is 27.8 Å². The summed E-state index contributed by atoms with van der Waals surface area (Å²) in [5.74, 6) is 0.541. The van der Waals surface area contributed by atoms with Crippen molar-refractivity contribution in [2.75, 3.05) is 27.4 Å². The van der Waals surface area contributed by atoms with Crippen LogP contribution in [0.1, 0.15) is 23.5 Å². The minimum Gasteiger partial charge on any atom is -0.496 e. The van der Waals surface area contributed by atoms with Crippen molar-refractivity contribution in [3.8, 4) is 5.75 Å². The van der Waals surface area contributed by atoms with Gasteiger partial charge in [-0.2, -0.15) is 0 Å². The van der Waals surface area contributed by atoms with E-state index in [2.05, 4.69) is 10.3 Å². The SMILES string of the molecule is COCCNC(=O)C[C@H](c1ccccc1OC)c1c[nH]c2ccc(Cl)cc12. The molecule has 0 unspecified atom stereocenters. The first-order valence-electron chi connectivity index (χ1n) is 8.79. The Bertz CT molecular complexity index is 923. The van der Waals surface area contributed by atoms with Gasteiger partial charge in [0, 0.05) is 53.7 Å². The van der Waals surface area contributed by atoms with E-state index in [9.17, 15) is 4.79 Å². The van der Waals surface area contributed by atoms with E-state index in [0.29, 0.717) is 24.6 Å². The molecule has 2 N–H and O–H groups in total. The second-order valence-electron chi connectivity index (χ2n) is 6.28. The molecule has 0 spiro atoms. The van der Waals surface area contributed by atoms with Gasteiger partial charge in [-0.1, -0.05) is 29.8 Å².